The van der Waals surface area contributed by atoms with Crippen LogP contribution in [-0.2, 0) is 0 Å². The second-order valence-corrected chi connectivity index (χ2v) is 5.80. The summed E-state index contributed by atoms with van der Waals surface area (Å²) in [6.45, 7) is 6.30. The summed E-state index contributed by atoms with van der Waals surface area (Å²) in [5.41, 5.74) is 1.64. The molecule has 5 nitrogen and oxygen atoms in total. The second kappa shape index (κ2) is 5.77. The lowest BCUT2D eigenvalue weighted by atomic mass is 9.82. The molecule has 1 unspecified atom stereocenters. The van der Waals surface area contributed by atoms with Gasteiger partial charge in [-0.05, 0) is 11.0 Å². The molecular weight excluding hydrogens is 252 g/mol. The highest BCUT2D eigenvalue weighted by Gasteiger charge is 2.27. The second-order valence-electron chi connectivity index (χ2n) is 5.80. The van der Waals surface area contributed by atoms with Crippen LogP contribution in [0.3, 0.4) is 0 Å². The van der Waals surface area contributed by atoms with Crippen molar-refractivity contribution in [1.29, 1.82) is 0 Å². The maximum atomic E-state index is 12.1. The Labute approximate surface area is 118 Å². The van der Waals surface area contributed by atoms with Gasteiger partial charge in [-0.3, -0.25) is 5.10 Å². The summed E-state index contributed by atoms with van der Waals surface area (Å²) in [6.07, 6.45) is 3.20. The summed E-state index contributed by atoms with van der Waals surface area (Å²) in [5, 5.41) is 12.2. The van der Waals surface area contributed by atoms with E-state index in [1.165, 1.54) is 0 Å². The molecule has 1 atom stereocenters. The maximum absolute atomic E-state index is 12.1. The Kier molecular flexibility index (Phi) is 4.08. The van der Waals surface area contributed by atoms with Crippen LogP contribution in [0.15, 0.2) is 42.7 Å². The minimum atomic E-state index is -0.241. The number of benzene rings is 1. The zero-order valence-corrected chi connectivity index (χ0v) is 12.0. The van der Waals surface area contributed by atoms with Gasteiger partial charge in [-0.2, -0.15) is 5.10 Å². The Hall–Kier alpha value is -2.30. The predicted molar refractivity (Wildman–Crippen MR) is 79.4 cm³/mol. The predicted octanol–water partition coefficient (Wildman–Crippen LogP) is 3.32. The highest BCUT2D eigenvalue weighted by Crippen LogP contribution is 2.32. The number of nitrogens with one attached hydrogen (secondary N) is 3. The first-order valence-corrected chi connectivity index (χ1v) is 6.58. The Bertz CT molecular complexity index is 543. The first-order chi connectivity index (χ1) is 9.47. The molecule has 0 saturated heterocycles. The normalized spacial score (nSPS) is 12.8. The molecule has 106 valence electrons. The number of hydrogen-bond acceptors (Lipinski definition) is 2. The standard InChI is InChI=1S/C15H20N4O/c1-15(2,3)13(11-7-5-4-6-8-11)19-14(20)18-12-9-16-17-10-12/h4-10,13H,1-3H3,(H,16,17)(H2,18,19,20). The van der Waals surface area contributed by atoms with Crippen LogP contribution >= 0.6 is 0 Å². The van der Waals surface area contributed by atoms with Crippen molar-refractivity contribution in [3.63, 3.8) is 0 Å². The largest absolute Gasteiger partial charge is 0.331 e. The first-order valence-electron chi connectivity index (χ1n) is 6.58. The van der Waals surface area contributed by atoms with Crippen LogP contribution in [0.2, 0.25) is 0 Å². The van der Waals surface area contributed by atoms with Gasteiger partial charge >= 0.3 is 6.03 Å². The molecular formula is C15H20N4O. The van der Waals surface area contributed by atoms with Crippen molar-refractivity contribution in [3.8, 4) is 0 Å². The van der Waals surface area contributed by atoms with Crippen molar-refractivity contribution >= 4 is 11.7 Å². The molecule has 0 fully saturated rings. The number of nitrogens with zero attached hydrogens (tertiary/aromatic N) is 1. The summed E-state index contributed by atoms with van der Waals surface area (Å²) in [4.78, 5) is 12.1. The van der Waals surface area contributed by atoms with Gasteiger partial charge in [0.1, 0.15) is 0 Å². The van der Waals surface area contributed by atoms with Gasteiger partial charge < -0.3 is 10.6 Å². The Morgan fingerprint density at radius 2 is 1.95 bits per heavy atom. The average Bonchev–Trinajstić information content (AvgIpc) is 2.88. The third kappa shape index (κ3) is 3.60. The number of carbonyl (C=O) groups is 1. The summed E-state index contributed by atoms with van der Waals surface area (Å²) >= 11 is 0. The Morgan fingerprint density at radius 3 is 2.50 bits per heavy atom. The molecule has 3 N–H and O–H groups in total. The van der Waals surface area contributed by atoms with Gasteiger partial charge in [0.15, 0.2) is 0 Å². The minimum Gasteiger partial charge on any atom is -0.331 e. The van der Waals surface area contributed by atoms with Crippen molar-refractivity contribution in [2.24, 2.45) is 5.41 Å². The number of carbonyl (C=O) groups excluding carboxylic acids is 1. The van der Waals surface area contributed by atoms with Crippen LogP contribution in [0.25, 0.3) is 0 Å². The zero-order valence-electron chi connectivity index (χ0n) is 12.0. The lowest BCUT2D eigenvalue weighted by Crippen LogP contribution is -2.39. The molecule has 1 aromatic carbocycles. The molecule has 0 aliphatic rings. The molecule has 1 heterocycles. The van der Waals surface area contributed by atoms with E-state index in [4.69, 9.17) is 0 Å². The molecule has 1 aromatic heterocycles. The number of aromatic nitrogens is 2. The van der Waals surface area contributed by atoms with E-state index >= 15 is 0 Å². The van der Waals surface area contributed by atoms with Gasteiger partial charge in [-0.25, -0.2) is 4.79 Å². The van der Waals surface area contributed by atoms with Crippen LogP contribution in [0.1, 0.15) is 32.4 Å². The molecule has 0 aliphatic heterocycles. The number of urea groups is 1. The molecule has 0 aliphatic carbocycles. The quantitative estimate of drug-likeness (QED) is 0.802. The van der Waals surface area contributed by atoms with Crippen molar-refractivity contribution < 1.29 is 4.79 Å². The third-order valence-electron chi connectivity index (χ3n) is 3.03. The van der Waals surface area contributed by atoms with Crippen molar-refractivity contribution in [1.82, 2.24) is 15.5 Å². The number of anilines is 1. The van der Waals surface area contributed by atoms with Gasteiger partial charge in [0.25, 0.3) is 0 Å². The summed E-state index contributed by atoms with van der Waals surface area (Å²) < 4.78 is 0. The molecule has 0 saturated carbocycles. The average molecular weight is 272 g/mol. The van der Waals surface area contributed by atoms with E-state index in [2.05, 4.69) is 41.6 Å². The highest BCUT2D eigenvalue weighted by atomic mass is 16.2. The molecule has 2 amide bonds. The fourth-order valence-corrected chi connectivity index (χ4v) is 2.06. The van der Waals surface area contributed by atoms with Gasteiger partial charge in [-0.1, -0.05) is 51.1 Å². The number of rotatable bonds is 3. The van der Waals surface area contributed by atoms with Gasteiger partial charge in [0, 0.05) is 6.20 Å². The van der Waals surface area contributed by atoms with E-state index in [0.29, 0.717) is 5.69 Å². The molecule has 0 radical (unpaired) electrons. The Balaban J connectivity index is 2.11. The van der Waals surface area contributed by atoms with Crippen LogP contribution < -0.4 is 10.6 Å². The molecule has 2 aromatic rings. The lowest BCUT2D eigenvalue weighted by Gasteiger charge is -2.31. The number of aromatic amines is 1. The fraction of sp³-hybridized carbons (Fsp3) is 0.333. The van der Waals surface area contributed by atoms with Crippen LogP contribution in [-0.4, -0.2) is 16.2 Å². The van der Waals surface area contributed by atoms with E-state index in [0.717, 1.165) is 5.56 Å². The van der Waals surface area contributed by atoms with Crippen molar-refractivity contribution in [3.05, 3.63) is 48.3 Å². The lowest BCUT2D eigenvalue weighted by molar-refractivity contribution is 0.229. The smallest absolute Gasteiger partial charge is 0.319 e. The van der Waals surface area contributed by atoms with E-state index in [9.17, 15) is 4.79 Å². The van der Waals surface area contributed by atoms with E-state index in [1.54, 1.807) is 12.4 Å². The molecule has 5 heteroatoms. The van der Waals surface area contributed by atoms with Crippen molar-refractivity contribution in [2.45, 2.75) is 26.8 Å². The van der Waals surface area contributed by atoms with Gasteiger partial charge in [-0.15, -0.1) is 0 Å². The number of hydrogen-bond donors (Lipinski definition) is 3. The van der Waals surface area contributed by atoms with E-state index < -0.39 is 0 Å². The summed E-state index contributed by atoms with van der Waals surface area (Å²) in [7, 11) is 0. The third-order valence-corrected chi connectivity index (χ3v) is 3.03. The van der Waals surface area contributed by atoms with Gasteiger partial charge in [0.2, 0.25) is 0 Å². The topological polar surface area (TPSA) is 69.8 Å². The van der Waals surface area contributed by atoms with Crippen molar-refractivity contribution in [2.75, 3.05) is 5.32 Å². The Morgan fingerprint density at radius 1 is 1.25 bits per heavy atom. The van der Waals surface area contributed by atoms with Crippen LogP contribution in [0.4, 0.5) is 10.5 Å². The van der Waals surface area contributed by atoms with E-state index in [1.807, 2.05) is 30.3 Å². The van der Waals surface area contributed by atoms with Gasteiger partial charge in [0.05, 0.1) is 17.9 Å². The highest BCUT2D eigenvalue weighted by molar-refractivity contribution is 5.89. The van der Waals surface area contributed by atoms with Crippen LogP contribution in [0, 0.1) is 5.41 Å². The summed E-state index contributed by atoms with van der Waals surface area (Å²) in [5.74, 6) is 0. The minimum absolute atomic E-state index is 0.0735. The zero-order chi connectivity index (χ0) is 14.6. The molecule has 0 bridgehead atoms. The number of amides is 2. The summed E-state index contributed by atoms with van der Waals surface area (Å²) in [6, 6.07) is 9.65. The monoisotopic (exact) mass is 272 g/mol. The SMILES string of the molecule is CC(C)(C)C(NC(=O)Nc1cn[nH]c1)c1ccccc1. The fourth-order valence-electron chi connectivity index (χ4n) is 2.06. The molecule has 2 rings (SSSR count). The number of H-pyrrole nitrogens is 1. The molecule has 0 spiro atoms. The first kappa shape index (κ1) is 14.1. The maximum Gasteiger partial charge on any atom is 0.319 e. The van der Waals surface area contributed by atoms with Crippen LogP contribution in [0.5, 0.6) is 0 Å². The van der Waals surface area contributed by atoms with E-state index in [-0.39, 0.29) is 17.5 Å². The molecule has 20 heavy (non-hydrogen) atoms.